The highest BCUT2D eigenvalue weighted by Crippen LogP contribution is 2.29. The standard InChI is InChI=1S/C20H24N2O6S/c1-26-16-6-4-15(5-7-16)22-13-14(10-20(22)23)12-21-29(24,25)19-9-8-17(27-2)11-18(19)28-3/h4-9,11,14,21H,10,12-13H2,1-3H3. The molecule has 1 N–H and O–H groups in total. The van der Waals surface area contributed by atoms with Crippen LogP contribution in [0.1, 0.15) is 6.42 Å². The summed E-state index contributed by atoms with van der Waals surface area (Å²) in [6, 6.07) is 11.7. The Morgan fingerprint density at radius 1 is 1.00 bits per heavy atom. The van der Waals surface area contributed by atoms with E-state index in [4.69, 9.17) is 14.2 Å². The molecule has 1 unspecified atom stereocenters. The second-order valence-electron chi connectivity index (χ2n) is 6.64. The lowest BCUT2D eigenvalue weighted by Gasteiger charge is -2.17. The van der Waals surface area contributed by atoms with Crippen LogP contribution >= 0.6 is 0 Å². The normalized spacial score (nSPS) is 16.7. The SMILES string of the molecule is COc1ccc(N2CC(CNS(=O)(=O)c3ccc(OC)cc3OC)CC2=O)cc1. The van der Waals surface area contributed by atoms with Crippen molar-refractivity contribution in [2.45, 2.75) is 11.3 Å². The Morgan fingerprint density at radius 2 is 1.66 bits per heavy atom. The maximum atomic E-state index is 12.7. The molecule has 1 heterocycles. The number of nitrogens with one attached hydrogen (secondary N) is 1. The monoisotopic (exact) mass is 420 g/mol. The first-order valence-corrected chi connectivity index (χ1v) is 10.5. The summed E-state index contributed by atoms with van der Waals surface area (Å²) in [6.07, 6.45) is 0.272. The summed E-state index contributed by atoms with van der Waals surface area (Å²) >= 11 is 0. The van der Waals surface area contributed by atoms with Crippen molar-refractivity contribution in [3.8, 4) is 17.2 Å². The van der Waals surface area contributed by atoms with Crippen LogP contribution in [0.5, 0.6) is 17.2 Å². The molecule has 1 aliphatic heterocycles. The predicted octanol–water partition coefficient (Wildman–Crippen LogP) is 2.04. The molecular formula is C20H24N2O6S. The van der Waals surface area contributed by atoms with Gasteiger partial charge in [-0.1, -0.05) is 0 Å². The topological polar surface area (TPSA) is 94.2 Å². The fourth-order valence-corrected chi connectivity index (χ4v) is 4.50. The van der Waals surface area contributed by atoms with Gasteiger partial charge in [-0.15, -0.1) is 0 Å². The molecule has 0 saturated carbocycles. The van der Waals surface area contributed by atoms with Crippen molar-refractivity contribution in [3.05, 3.63) is 42.5 Å². The van der Waals surface area contributed by atoms with Crippen molar-refractivity contribution >= 4 is 21.6 Å². The molecule has 1 atom stereocenters. The van der Waals surface area contributed by atoms with Crippen LogP contribution in [-0.2, 0) is 14.8 Å². The van der Waals surface area contributed by atoms with Crippen molar-refractivity contribution in [1.29, 1.82) is 0 Å². The molecule has 0 aliphatic carbocycles. The van der Waals surface area contributed by atoms with Crippen molar-refractivity contribution in [3.63, 3.8) is 0 Å². The van der Waals surface area contributed by atoms with Gasteiger partial charge in [-0.25, -0.2) is 13.1 Å². The molecule has 3 rings (SSSR count). The minimum Gasteiger partial charge on any atom is -0.497 e. The molecular weight excluding hydrogens is 396 g/mol. The molecule has 8 nitrogen and oxygen atoms in total. The summed E-state index contributed by atoms with van der Waals surface area (Å²) in [4.78, 5) is 14.1. The highest BCUT2D eigenvalue weighted by molar-refractivity contribution is 7.89. The number of rotatable bonds is 8. The summed E-state index contributed by atoms with van der Waals surface area (Å²) in [6.45, 7) is 0.587. The maximum absolute atomic E-state index is 12.7. The van der Waals surface area contributed by atoms with Crippen molar-refractivity contribution in [2.75, 3.05) is 39.3 Å². The lowest BCUT2D eigenvalue weighted by Crippen LogP contribution is -2.31. The fraction of sp³-hybridized carbons (Fsp3) is 0.350. The molecule has 1 amide bonds. The molecule has 1 fully saturated rings. The van der Waals surface area contributed by atoms with Gasteiger partial charge in [-0.05, 0) is 42.3 Å². The Balaban J connectivity index is 1.67. The van der Waals surface area contributed by atoms with Crippen molar-refractivity contribution in [2.24, 2.45) is 5.92 Å². The van der Waals surface area contributed by atoms with Crippen LogP contribution < -0.4 is 23.8 Å². The number of benzene rings is 2. The van der Waals surface area contributed by atoms with E-state index >= 15 is 0 Å². The Bertz CT molecular complexity index is 975. The van der Waals surface area contributed by atoms with Crippen LogP contribution in [-0.4, -0.2) is 48.7 Å². The van der Waals surface area contributed by atoms with Crippen LogP contribution in [0.3, 0.4) is 0 Å². The maximum Gasteiger partial charge on any atom is 0.244 e. The van der Waals surface area contributed by atoms with Gasteiger partial charge in [0.1, 0.15) is 22.1 Å². The number of nitrogens with zero attached hydrogens (tertiary/aromatic N) is 1. The summed E-state index contributed by atoms with van der Waals surface area (Å²) in [5.74, 6) is 1.22. The number of sulfonamides is 1. The third-order valence-corrected chi connectivity index (χ3v) is 6.27. The van der Waals surface area contributed by atoms with Crippen LogP contribution in [0.2, 0.25) is 0 Å². The van der Waals surface area contributed by atoms with Crippen LogP contribution in [0.15, 0.2) is 47.4 Å². The second kappa shape index (κ2) is 8.71. The predicted molar refractivity (Wildman–Crippen MR) is 108 cm³/mol. The molecule has 0 aromatic heterocycles. The molecule has 29 heavy (non-hydrogen) atoms. The highest BCUT2D eigenvalue weighted by Gasteiger charge is 2.32. The first-order valence-electron chi connectivity index (χ1n) is 9.04. The van der Waals surface area contributed by atoms with E-state index in [1.165, 1.54) is 26.4 Å². The number of hydrogen-bond acceptors (Lipinski definition) is 6. The second-order valence-corrected chi connectivity index (χ2v) is 8.38. The van der Waals surface area contributed by atoms with Gasteiger partial charge in [-0.3, -0.25) is 4.79 Å². The van der Waals surface area contributed by atoms with E-state index in [1.54, 1.807) is 30.2 Å². The number of methoxy groups -OCH3 is 3. The summed E-state index contributed by atoms with van der Waals surface area (Å²) in [5, 5.41) is 0. The molecule has 2 aromatic carbocycles. The van der Waals surface area contributed by atoms with E-state index in [9.17, 15) is 13.2 Å². The molecule has 1 saturated heterocycles. The van der Waals surface area contributed by atoms with E-state index in [0.717, 1.165) is 5.69 Å². The van der Waals surface area contributed by atoms with E-state index in [1.807, 2.05) is 12.1 Å². The number of ether oxygens (including phenoxy) is 3. The summed E-state index contributed by atoms with van der Waals surface area (Å²) < 4.78 is 43.5. The van der Waals surface area contributed by atoms with E-state index in [2.05, 4.69) is 4.72 Å². The van der Waals surface area contributed by atoms with Gasteiger partial charge >= 0.3 is 0 Å². The Kier molecular flexibility index (Phi) is 6.29. The van der Waals surface area contributed by atoms with Gasteiger partial charge in [0.05, 0.1) is 21.3 Å². The van der Waals surface area contributed by atoms with Crippen molar-refractivity contribution in [1.82, 2.24) is 4.72 Å². The molecule has 0 spiro atoms. The lowest BCUT2D eigenvalue weighted by atomic mass is 10.1. The van der Waals surface area contributed by atoms with E-state index in [-0.39, 0.29) is 35.4 Å². The fourth-order valence-electron chi connectivity index (χ4n) is 3.23. The average molecular weight is 420 g/mol. The molecule has 1 aliphatic rings. The number of amides is 1. The average Bonchev–Trinajstić information content (AvgIpc) is 3.12. The third kappa shape index (κ3) is 4.63. The minimum atomic E-state index is -3.80. The largest absolute Gasteiger partial charge is 0.497 e. The highest BCUT2D eigenvalue weighted by atomic mass is 32.2. The number of anilines is 1. The van der Waals surface area contributed by atoms with Crippen LogP contribution in [0.25, 0.3) is 0 Å². The van der Waals surface area contributed by atoms with Crippen LogP contribution in [0.4, 0.5) is 5.69 Å². The zero-order valence-corrected chi connectivity index (χ0v) is 17.4. The smallest absolute Gasteiger partial charge is 0.244 e. The Hall–Kier alpha value is -2.78. The van der Waals surface area contributed by atoms with Gasteiger partial charge < -0.3 is 19.1 Å². The molecule has 0 bridgehead atoms. The van der Waals surface area contributed by atoms with Gasteiger partial charge in [0.15, 0.2) is 0 Å². The summed E-state index contributed by atoms with van der Waals surface area (Å²) in [5.41, 5.74) is 0.762. The molecule has 2 aromatic rings. The molecule has 156 valence electrons. The zero-order valence-electron chi connectivity index (χ0n) is 16.5. The first kappa shape index (κ1) is 20.9. The van der Waals surface area contributed by atoms with Gasteiger partial charge in [0, 0.05) is 31.3 Å². The van der Waals surface area contributed by atoms with Gasteiger partial charge in [0.25, 0.3) is 0 Å². The number of hydrogen-bond donors (Lipinski definition) is 1. The lowest BCUT2D eigenvalue weighted by molar-refractivity contribution is -0.117. The Labute approximate surface area is 170 Å². The van der Waals surface area contributed by atoms with Crippen molar-refractivity contribution < 1.29 is 27.4 Å². The molecule has 0 radical (unpaired) electrons. The van der Waals surface area contributed by atoms with E-state index < -0.39 is 10.0 Å². The first-order chi connectivity index (χ1) is 13.9. The number of carbonyl (C=O) groups excluding carboxylic acids is 1. The summed E-state index contributed by atoms with van der Waals surface area (Å²) in [7, 11) is 0.670. The van der Waals surface area contributed by atoms with Crippen LogP contribution in [0, 0.1) is 5.92 Å². The third-order valence-electron chi connectivity index (χ3n) is 4.81. The quantitative estimate of drug-likeness (QED) is 0.702. The van der Waals surface area contributed by atoms with E-state index in [0.29, 0.717) is 18.0 Å². The molecule has 9 heteroatoms. The van der Waals surface area contributed by atoms with Gasteiger partial charge in [0.2, 0.25) is 15.9 Å². The minimum absolute atomic E-state index is 0.0251. The Morgan fingerprint density at radius 3 is 2.28 bits per heavy atom. The van der Waals surface area contributed by atoms with Gasteiger partial charge in [-0.2, -0.15) is 0 Å². The zero-order chi connectivity index (χ0) is 21.0. The number of carbonyl (C=O) groups is 1.